The predicted molar refractivity (Wildman–Crippen MR) is 106 cm³/mol. The number of anilines is 1. The van der Waals surface area contributed by atoms with Crippen LogP contribution in [0, 0.1) is 5.82 Å². The Bertz CT molecular complexity index is 1200. The molecule has 4 aromatic rings. The molecule has 0 fully saturated rings. The Morgan fingerprint density at radius 2 is 2.06 bits per heavy atom. The van der Waals surface area contributed by atoms with E-state index in [0.717, 1.165) is 0 Å². The average Bonchev–Trinajstić information content (AvgIpc) is 3.58. The van der Waals surface area contributed by atoms with Crippen LogP contribution in [-0.2, 0) is 4.79 Å². The molecular weight excluding hydrogens is 405 g/mol. The van der Waals surface area contributed by atoms with Crippen molar-refractivity contribution in [1.29, 1.82) is 0 Å². The van der Waals surface area contributed by atoms with E-state index in [1.165, 1.54) is 34.2 Å². The summed E-state index contributed by atoms with van der Waals surface area (Å²) in [4.78, 5) is 13.0. The number of amides is 1. The summed E-state index contributed by atoms with van der Waals surface area (Å²) in [7, 11) is 0. The number of hydrogen-bond acceptors (Lipinski definition) is 8. The molecule has 1 unspecified atom stereocenters. The lowest BCUT2D eigenvalue weighted by Crippen LogP contribution is -2.32. The van der Waals surface area contributed by atoms with Gasteiger partial charge in [-0.05, 0) is 52.9 Å². The smallest absolute Gasteiger partial charge is 0.262 e. The number of carbonyl (C=O) groups is 1. The Labute approximate surface area is 174 Å². The Morgan fingerprint density at radius 1 is 1.19 bits per heavy atom. The van der Waals surface area contributed by atoms with E-state index in [9.17, 15) is 9.18 Å². The largest absolute Gasteiger partial charge is 0.467 e. The van der Waals surface area contributed by atoms with Crippen LogP contribution < -0.4 is 5.32 Å². The standard InChI is InChI=1S/C20H16FN7O3/c21-14-6-5-13(27-12-23-25-26-27)9-15(14)22-11-20(29)28-17(19-4-2-8-31-19)10-16(24-28)18-3-1-7-30-18/h1-9,12,17,22H,10-11H2. The Balaban J connectivity index is 1.36. The van der Waals surface area contributed by atoms with Gasteiger partial charge in [-0.15, -0.1) is 5.10 Å². The minimum absolute atomic E-state index is 0.144. The van der Waals surface area contributed by atoms with E-state index in [1.54, 1.807) is 36.8 Å². The van der Waals surface area contributed by atoms with Gasteiger partial charge in [0.2, 0.25) is 0 Å². The molecule has 31 heavy (non-hydrogen) atoms. The van der Waals surface area contributed by atoms with Crippen molar-refractivity contribution >= 4 is 17.3 Å². The Kier molecular flexibility index (Phi) is 4.75. The summed E-state index contributed by atoms with van der Waals surface area (Å²) in [5.74, 6) is 0.328. The lowest BCUT2D eigenvalue weighted by molar-refractivity contribution is -0.131. The number of halogens is 1. The van der Waals surface area contributed by atoms with Crippen LogP contribution in [0.15, 0.2) is 75.3 Å². The van der Waals surface area contributed by atoms with Crippen LogP contribution in [0.5, 0.6) is 0 Å². The van der Waals surface area contributed by atoms with Crippen molar-refractivity contribution < 1.29 is 18.0 Å². The molecule has 0 radical (unpaired) electrons. The Morgan fingerprint density at radius 3 is 2.81 bits per heavy atom. The summed E-state index contributed by atoms with van der Waals surface area (Å²) in [5.41, 5.74) is 1.33. The second kappa shape index (κ2) is 7.86. The zero-order chi connectivity index (χ0) is 21.2. The van der Waals surface area contributed by atoms with E-state index in [-0.39, 0.29) is 18.1 Å². The first-order valence-electron chi connectivity index (χ1n) is 9.42. The van der Waals surface area contributed by atoms with Gasteiger partial charge >= 0.3 is 0 Å². The van der Waals surface area contributed by atoms with Gasteiger partial charge < -0.3 is 14.2 Å². The van der Waals surface area contributed by atoms with E-state index in [1.807, 2.05) is 0 Å². The minimum Gasteiger partial charge on any atom is -0.467 e. The normalized spacial score (nSPS) is 15.8. The van der Waals surface area contributed by atoms with Crippen LogP contribution in [-0.4, -0.2) is 43.4 Å². The highest BCUT2D eigenvalue weighted by atomic mass is 19.1. The monoisotopic (exact) mass is 421 g/mol. The number of rotatable bonds is 6. The quantitative estimate of drug-likeness (QED) is 0.509. The molecule has 1 atom stereocenters. The van der Waals surface area contributed by atoms with E-state index >= 15 is 0 Å². The van der Waals surface area contributed by atoms with E-state index in [4.69, 9.17) is 8.83 Å². The fourth-order valence-corrected chi connectivity index (χ4v) is 3.36. The molecule has 10 nitrogen and oxygen atoms in total. The third-order valence-corrected chi connectivity index (χ3v) is 4.84. The number of hydrazone groups is 1. The van der Waals surface area contributed by atoms with Gasteiger partial charge in [0.15, 0.2) is 0 Å². The summed E-state index contributed by atoms with van der Waals surface area (Å²) in [6.07, 6.45) is 4.92. The molecule has 1 aromatic carbocycles. The molecule has 1 aliphatic rings. The highest BCUT2D eigenvalue weighted by molar-refractivity contribution is 6.01. The third kappa shape index (κ3) is 3.68. The first kappa shape index (κ1) is 18.7. The van der Waals surface area contributed by atoms with Gasteiger partial charge in [-0.1, -0.05) is 0 Å². The minimum atomic E-state index is -0.506. The third-order valence-electron chi connectivity index (χ3n) is 4.84. The van der Waals surface area contributed by atoms with Gasteiger partial charge in [-0.2, -0.15) is 5.10 Å². The predicted octanol–water partition coefficient (Wildman–Crippen LogP) is 2.78. The topological polar surface area (TPSA) is 115 Å². The van der Waals surface area contributed by atoms with Crippen molar-refractivity contribution in [3.8, 4) is 5.69 Å². The molecule has 1 N–H and O–H groups in total. The van der Waals surface area contributed by atoms with Crippen LogP contribution in [0.3, 0.4) is 0 Å². The summed E-state index contributed by atoms with van der Waals surface area (Å²) in [6, 6.07) is 11.0. The molecule has 3 aromatic heterocycles. The second-order valence-electron chi connectivity index (χ2n) is 6.77. The van der Waals surface area contributed by atoms with Crippen LogP contribution in [0.25, 0.3) is 5.69 Å². The molecule has 1 amide bonds. The molecule has 0 saturated carbocycles. The molecular formula is C20H16FN7O3. The summed E-state index contributed by atoms with van der Waals surface area (Å²) in [5, 5.41) is 19.5. The van der Waals surface area contributed by atoms with Gasteiger partial charge in [-0.3, -0.25) is 4.79 Å². The molecule has 0 aliphatic carbocycles. The number of hydrogen-bond donors (Lipinski definition) is 1. The molecule has 0 spiro atoms. The van der Waals surface area contributed by atoms with Gasteiger partial charge in [0, 0.05) is 6.42 Å². The van der Waals surface area contributed by atoms with Crippen LogP contribution in [0.4, 0.5) is 10.1 Å². The lowest BCUT2D eigenvalue weighted by atomic mass is 10.1. The fourth-order valence-electron chi connectivity index (χ4n) is 3.36. The zero-order valence-corrected chi connectivity index (χ0v) is 16.1. The maximum absolute atomic E-state index is 14.3. The van der Waals surface area contributed by atoms with E-state index in [0.29, 0.717) is 29.3 Å². The van der Waals surface area contributed by atoms with Crippen LogP contribution >= 0.6 is 0 Å². The van der Waals surface area contributed by atoms with E-state index in [2.05, 4.69) is 25.9 Å². The molecule has 4 heterocycles. The Hall–Kier alpha value is -4.28. The number of nitrogens with zero attached hydrogens (tertiary/aromatic N) is 6. The van der Waals surface area contributed by atoms with Crippen molar-refractivity contribution in [2.24, 2.45) is 5.10 Å². The number of furan rings is 2. The summed E-state index contributed by atoms with van der Waals surface area (Å²) >= 11 is 0. The maximum Gasteiger partial charge on any atom is 0.262 e. The molecule has 5 rings (SSSR count). The number of tetrazole rings is 1. The van der Waals surface area contributed by atoms with E-state index < -0.39 is 11.9 Å². The molecule has 0 bridgehead atoms. The lowest BCUT2D eigenvalue weighted by Gasteiger charge is -2.20. The summed E-state index contributed by atoms with van der Waals surface area (Å²) < 4.78 is 26.6. The van der Waals surface area contributed by atoms with Crippen molar-refractivity contribution in [3.05, 3.63) is 78.7 Å². The van der Waals surface area contributed by atoms with Crippen molar-refractivity contribution in [2.45, 2.75) is 12.5 Å². The van der Waals surface area contributed by atoms with Gasteiger partial charge in [-0.25, -0.2) is 14.1 Å². The molecule has 0 saturated heterocycles. The first-order chi connectivity index (χ1) is 15.2. The highest BCUT2D eigenvalue weighted by Crippen LogP contribution is 2.33. The maximum atomic E-state index is 14.3. The number of carbonyl (C=O) groups excluding carboxylic acids is 1. The van der Waals surface area contributed by atoms with Gasteiger partial charge in [0.1, 0.15) is 35.4 Å². The second-order valence-corrected chi connectivity index (χ2v) is 6.77. The zero-order valence-electron chi connectivity index (χ0n) is 16.1. The molecule has 11 heteroatoms. The van der Waals surface area contributed by atoms with Crippen molar-refractivity contribution in [2.75, 3.05) is 11.9 Å². The van der Waals surface area contributed by atoms with Crippen LogP contribution in [0.1, 0.15) is 24.0 Å². The number of benzene rings is 1. The summed E-state index contributed by atoms with van der Waals surface area (Å²) in [6.45, 7) is -0.178. The highest BCUT2D eigenvalue weighted by Gasteiger charge is 2.35. The first-order valence-corrected chi connectivity index (χ1v) is 9.42. The van der Waals surface area contributed by atoms with Gasteiger partial charge in [0.25, 0.3) is 5.91 Å². The molecule has 1 aliphatic heterocycles. The SMILES string of the molecule is O=C(CNc1cc(-n2cnnn2)ccc1F)N1N=C(c2ccco2)CC1c1ccco1. The fraction of sp³-hybridized carbons (Fsp3) is 0.150. The number of nitrogens with one attached hydrogen (secondary N) is 1. The number of aromatic nitrogens is 4. The average molecular weight is 421 g/mol. The van der Waals surface area contributed by atoms with Crippen LogP contribution in [0.2, 0.25) is 0 Å². The van der Waals surface area contributed by atoms with Gasteiger partial charge in [0.05, 0.1) is 30.4 Å². The van der Waals surface area contributed by atoms with Crippen molar-refractivity contribution in [3.63, 3.8) is 0 Å². The molecule has 156 valence electrons. The van der Waals surface area contributed by atoms with Crippen molar-refractivity contribution in [1.82, 2.24) is 25.2 Å².